The molecule has 2 fully saturated rings. The molecule has 0 spiro atoms. The molecule has 5 nitrogen and oxygen atoms in total. The molecule has 1 aromatic heterocycles. The molecule has 0 bridgehead atoms. The molecule has 0 aliphatic carbocycles. The van der Waals surface area contributed by atoms with E-state index in [2.05, 4.69) is 19.8 Å². The smallest absolute Gasteiger partial charge is 0.225 e. The zero-order valence-electron chi connectivity index (χ0n) is 14.8. The molecule has 2 aliphatic rings. The average Bonchev–Trinajstić information content (AvgIpc) is 2.69. The summed E-state index contributed by atoms with van der Waals surface area (Å²) in [4.78, 5) is 12.7. The number of fused-ring (bicyclic) bond motifs is 1. The molecule has 2 aliphatic heterocycles. The van der Waals surface area contributed by atoms with Gasteiger partial charge in [-0.25, -0.2) is 23.1 Å². The first-order chi connectivity index (χ1) is 13.1. The summed E-state index contributed by atoms with van der Waals surface area (Å²) in [7, 11) is 0. The van der Waals surface area contributed by atoms with Crippen molar-refractivity contribution in [2.45, 2.75) is 18.9 Å². The summed E-state index contributed by atoms with van der Waals surface area (Å²) < 4.78 is 44.9. The fraction of sp³-hybridized carbons (Fsp3) is 0.474. The predicted molar refractivity (Wildman–Crippen MR) is 94.1 cm³/mol. The highest BCUT2D eigenvalue weighted by Crippen LogP contribution is 2.27. The topological polar surface area (TPSA) is 41.5 Å². The summed E-state index contributed by atoms with van der Waals surface area (Å²) in [5.74, 6) is -0.919. The van der Waals surface area contributed by atoms with Crippen molar-refractivity contribution in [2.75, 3.05) is 37.7 Å². The van der Waals surface area contributed by atoms with Crippen LogP contribution in [0.2, 0.25) is 0 Å². The maximum Gasteiger partial charge on any atom is 0.225 e. The maximum atomic E-state index is 13.3. The van der Waals surface area contributed by atoms with Gasteiger partial charge in [-0.2, -0.15) is 0 Å². The summed E-state index contributed by atoms with van der Waals surface area (Å²) in [5.41, 5.74) is 0. The molecule has 0 N–H and O–H groups in total. The second kappa shape index (κ2) is 7.72. The SMILES string of the molecule is Fc1cnc(N2CCN3C[C@@H](COc4ccc(F)c(F)c4)CC[C@H]3C2)nc1. The number of piperidine rings is 1. The molecular formula is C19H21F3N4O. The Labute approximate surface area is 155 Å². The number of hydrogen-bond acceptors (Lipinski definition) is 5. The van der Waals surface area contributed by atoms with Gasteiger partial charge in [-0.1, -0.05) is 0 Å². The number of hydrogen-bond donors (Lipinski definition) is 0. The number of ether oxygens (including phenoxy) is 1. The lowest BCUT2D eigenvalue weighted by Crippen LogP contribution is -2.57. The van der Waals surface area contributed by atoms with E-state index in [0.29, 0.717) is 30.3 Å². The maximum absolute atomic E-state index is 13.3. The van der Waals surface area contributed by atoms with E-state index in [4.69, 9.17) is 4.74 Å². The molecule has 27 heavy (non-hydrogen) atoms. The molecule has 2 aromatic rings. The van der Waals surface area contributed by atoms with Crippen molar-refractivity contribution in [2.24, 2.45) is 5.92 Å². The lowest BCUT2D eigenvalue weighted by atomic mass is 9.91. The van der Waals surface area contributed by atoms with Crippen molar-refractivity contribution in [1.29, 1.82) is 0 Å². The van der Waals surface area contributed by atoms with Crippen LogP contribution in [0.15, 0.2) is 30.6 Å². The number of halogens is 3. The first-order valence-corrected chi connectivity index (χ1v) is 9.13. The number of anilines is 1. The number of piperazine rings is 1. The third-order valence-electron chi connectivity index (χ3n) is 5.27. The second-order valence-corrected chi connectivity index (χ2v) is 7.13. The minimum Gasteiger partial charge on any atom is -0.493 e. The van der Waals surface area contributed by atoms with Crippen LogP contribution in [0.25, 0.3) is 0 Å². The Morgan fingerprint density at radius 2 is 1.81 bits per heavy atom. The van der Waals surface area contributed by atoms with Gasteiger partial charge >= 0.3 is 0 Å². The Kier molecular flexibility index (Phi) is 5.15. The van der Waals surface area contributed by atoms with Crippen molar-refractivity contribution < 1.29 is 17.9 Å². The minimum atomic E-state index is -0.893. The van der Waals surface area contributed by atoms with E-state index in [1.165, 1.54) is 18.5 Å². The van der Waals surface area contributed by atoms with Crippen LogP contribution in [0.3, 0.4) is 0 Å². The lowest BCUT2D eigenvalue weighted by molar-refractivity contribution is 0.0724. The molecule has 0 unspecified atom stereocenters. The minimum absolute atomic E-state index is 0.350. The number of aromatic nitrogens is 2. The highest BCUT2D eigenvalue weighted by atomic mass is 19.2. The largest absolute Gasteiger partial charge is 0.493 e. The van der Waals surface area contributed by atoms with Crippen molar-refractivity contribution >= 4 is 5.95 Å². The van der Waals surface area contributed by atoms with Crippen LogP contribution < -0.4 is 9.64 Å². The number of nitrogens with zero attached hydrogens (tertiary/aromatic N) is 4. The molecule has 4 rings (SSSR count). The van der Waals surface area contributed by atoms with Crippen LogP contribution in [0.1, 0.15) is 12.8 Å². The molecule has 1 aromatic carbocycles. The Bertz CT molecular complexity index is 789. The van der Waals surface area contributed by atoms with Gasteiger partial charge in [0, 0.05) is 44.2 Å². The van der Waals surface area contributed by atoms with Crippen LogP contribution in [0.5, 0.6) is 5.75 Å². The van der Waals surface area contributed by atoms with E-state index >= 15 is 0 Å². The van der Waals surface area contributed by atoms with Crippen molar-refractivity contribution in [1.82, 2.24) is 14.9 Å². The summed E-state index contributed by atoms with van der Waals surface area (Å²) in [6, 6.07) is 4.03. The highest BCUT2D eigenvalue weighted by molar-refractivity contribution is 5.30. The fourth-order valence-corrected chi connectivity index (χ4v) is 3.83. The van der Waals surface area contributed by atoms with E-state index < -0.39 is 17.5 Å². The van der Waals surface area contributed by atoms with E-state index in [0.717, 1.165) is 51.2 Å². The lowest BCUT2D eigenvalue weighted by Gasteiger charge is -2.46. The molecule has 8 heteroatoms. The van der Waals surface area contributed by atoms with Crippen molar-refractivity contribution in [3.8, 4) is 5.75 Å². The Balaban J connectivity index is 1.30. The molecule has 0 amide bonds. The van der Waals surface area contributed by atoms with Gasteiger partial charge in [-0.3, -0.25) is 4.90 Å². The van der Waals surface area contributed by atoms with E-state index in [1.54, 1.807) is 0 Å². The van der Waals surface area contributed by atoms with Crippen LogP contribution in [0.4, 0.5) is 19.1 Å². The summed E-state index contributed by atoms with van der Waals surface area (Å²) >= 11 is 0. The van der Waals surface area contributed by atoms with Gasteiger partial charge in [-0.15, -0.1) is 0 Å². The normalized spacial score (nSPS) is 23.1. The monoisotopic (exact) mass is 378 g/mol. The average molecular weight is 378 g/mol. The first-order valence-electron chi connectivity index (χ1n) is 9.13. The van der Waals surface area contributed by atoms with E-state index in [1.807, 2.05) is 0 Å². The molecule has 3 heterocycles. The molecule has 0 saturated carbocycles. The predicted octanol–water partition coefficient (Wildman–Crippen LogP) is 2.87. The third kappa shape index (κ3) is 4.16. The third-order valence-corrected chi connectivity index (χ3v) is 5.27. The standard InChI is InChI=1S/C19H21F3N4O/c20-14-8-23-19(24-9-14)26-6-5-25-10-13(1-2-15(25)11-26)12-27-16-3-4-17(21)18(22)7-16/h3-4,7-9,13,15H,1-2,5-6,10-12H2/t13-,15-/m0/s1. The van der Waals surface area contributed by atoms with Gasteiger partial charge in [0.2, 0.25) is 5.95 Å². The van der Waals surface area contributed by atoms with E-state index in [9.17, 15) is 13.2 Å². The number of benzene rings is 1. The molecule has 144 valence electrons. The van der Waals surface area contributed by atoms with Gasteiger partial charge in [0.25, 0.3) is 0 Å². The molecule has 0 radical (unpaired) electrons. The van der Waals surface area contributed by atoms with Gasteiger partial charge in [0.05, 0.1) is 19.0 Å². The van der Waals surface area contributed by atoms with Crippen LogP contribution >= 0.6 is 0 Å². The summed E-state index contributed by atoms with van der Waals surface area (Å²) in [5, 5.41) is 0. The Morgan fingerprint density at radius 1 is 1.00 bits per heavy atom. The van der Waals surface area contributed by atoms with Crippen LogP contribution in [-0.2, 0) is 0 Å². The summed E-state index contributed by atoms with van der Waals surface area (Å²) in [6.45, 7) is 3.89. The van der Waals surface area contributed by atoms with E-state index in [-0.39, 0.29) is 0 Å². The number of rotatable bonds is 4. The van der Waals surface area contributed by atoms with Gasteiger partial charge in [0.1, 0.15) is 5.75 Å². The zero-order chi connectivity index (χ0) is 18.8. The Morgan fingerprint density at radius 3 is 2.59 bits per heavy atom. The summed E-state index contributed by atoms with van der Waals surface area (Å²) in [6.07, 6.45) is 4.41. The Hall–Kier alpha value is -2.35. The van der Waals surface area contributed by atoms with Crippen LogP contribution in [0, 0.1) is 23.4 Å². The highest BCUT2D eigenvalue weighted by Gasteiger charge is 2.33. The fourth-order valence-electron chi connectivity index (χ4n) is 3.83. The van der Waals surface area contributed by atoms with Crippen LogP contribution in [-0.4, -0.2) is 53.7 Å². The molecule has 2 saturated heterocycles. The first kappa shape index (κ1) is 18.0. The molecule has 2 atom stereocenters. The second-order valence-electron chi connectivity index (χ2n) is 7.13. The van der Waals surface area contributed by atoms with Crippen molar-refractivity contribution in [3.05, 3.63) is 48.0 Å². The van der Waals surface area contributed by atoms with Gasteiger partial charge in [-0.05, 0) is 25.0 Å². The van der Waals surface area contributed by atoms with Gasteiger partial charge in [0.15, 0.2) is 17.5 Å². The van der Waals surface area contributed by atoms with Crippen molar-refractivity contribution in [3.63, 3.8) is 0 Å². The molecular weight excluding hydrogens is 357 g/mol. The zero-order valence-corrected chi connectivity index (χ0v) is 14.8. The quantitative estimate of drug-likeness (QED) is 0.818. The van der Waals surface area contributed by atoms with Gasteiger partial charge < -0.3 is 9.64 Å².